The van der Waals surface area contributed by atoms with Gasteiger partial charge in [-0.15, -0.1) is 0 Å². The molecule has 0 aliphatic rings. The third-order valence-electron chi connectivity index (χ3n) is 4.11. The van der Waals surface area contributed by atoms with Crippen LogP contribution < -0.4 is 5.32 Å². The predicted octanol–water partition coefficient (Wildman–Crippen LogP) is 3.00. The summed E-state index contributed by atoms with van der Waals surface area (Å²) in [6.07, 6.45) is 0.701. The molecule has 2 aromatic carbocycles. The van der Waals surface area contributed by atoms with Gasteiger partial charge in [0, 0.05) is 25.2 Å². The van der Waals surface area contributed by atoms with Crippen LogP contribution in [0.1, 0.15) is 35.3 Å². The van der Waals surface area contributed by atoms with Gasteiger partial charge in [-0.1, -0.05) is 29.8 Å². The van der Waals surface area contributed by atoms with E-state index in [0.717, 1.165) is 9.87 Å². The Morgan fingerprint density at radius 3 is 2.04 bits per heavy atom. The number of carbonyl (C=O) groups is 1. The van der Waals surface area contributed by atoms with Crippen molar-refractivity contribution < 1.29 is 13.2 Å². The summed E-state index contributed by atoms with van der Waals surface area (Å²) >= 11 is 0. The van der Waals surface area contributed by atoms with E-state index in [4.69, 9.17) is 0 Å². The third kappa shape index (κ3) is 4.93. The highest BCUT2D eigenvalue weighted by Crippen LogP contribution is 2.17. The Morgan fingerprint density at radius 2 is 1.54 bits per heavy atom. The molecule has 5 nitrogen and oxygen atoms in total. The Labute approximate surface area is 156 Å². The zero-order valence-electron chi connectivity index (χ0n) is 15.9. The second-order valence-electron chi connectivity index (χ2n) is 7.31. The maximum atomic E-state index is 12.5. The van der Waals surface area contributed by atoms with Crippen LogP contribution in [0.15, 0.2) is 53.4 Å². The van der Waals surface area contributed by atoms with Gasteiger partial charge in [-0.2, -0.15) is 0 Å². The highest BCUT2D eigenvalue weighted by Gasteiger charge is 2.23. The van der Waals surface area contributed by atoms with E-state index in [1.165, 1.54) is 43.9 Å². The highest BCUT2D eigenvalue weighted by molar-refractivity contribution is 7.89. The molecule has 0 bridgehead atoms. The average molecular weight is 375 g/mol. The van der Waals surface area contributed by atoms with Gasteiger partial charge < -0.3 is 5.32 Å². The molecule has 140 valence electrons. The van der Waals surface area contributed by atoms with Crippen LogP contribution in [0.4, 0.5) is 0 Å². The lowest BCUT2D eigenvalue weighted by Gasteiger charge is -2.26. The van der Waals surface area contributed by atoms with Gasteiger partial charge in [-0.05, 0) is 57.0 Å². The Kier molecular flexibility index (Phi) is 5.88. The molecule has 0 saturated carbocycles. The molecule has 0 spiro atoms. The number of aryl methyl sites for hydroxylation is 1. The number of hydrogen-bond donors (Lipinski definition) is 1. The van der Waals surface area contributed by atoms with E-state index in [1.807, 2.05) is 20.8 Å². The summed E-state index contributed by atoms with van der Waals surface area (Å²) in [7, 11) is -0.546. The summed E-state index contributed by atoms with van der Waals surface area (Å²) in [5.74, 6) is -0.226. The Balaban J connectivity index is 2.10. The van der Waals surface area contributed by atoms with Gasteiger partial charge in [0.25, 0.3) is 5.91 Å². The molecule has 1 N–H and O–H groups in total. The van der Waals surface area contributed by atoms with Gasteiger partial charge >= 0.3 is 0 Å². The van der Waals surface area contributed by atoms with E-state index in [2.05, 4.69) is 29.6 Å². The van der Waals surface area contributed by atoms with Crippen molar-refractivity contribution in [1.82, 2.24) is 9.62 Å². The number of sulfonamides is 1. The number of benzene rings is 2. The van der Waals surface area contributed by atoms with Crippen molar-refractivity contribution in [2.45, 2.75) is 37.6 Å². The molecule has 0 atom stereocenters. The molecule has 6 heteroatoms. The molecule has 0 saturated heterocycles. The van der Waals surface area contributed by atoms with Crippen LogP contribution >= 0.6 is 0 Å². The summed E-state index contributed by atoms with van der Waals surface area (Å²) in [4.78, 5) is 12.7. The molecule has 26 heavy (non-hydrogen) atoms. The number of hydrogen-bond acceptors (Lipinski definition) is 3. The maximum Gasteiger partial charge on any atom is 0.251 e. The normalized spacial score (nSPS) is 12.2. The van der Waals surface area contributed by atoms with E-state index in [1.54, 1.807) is 0 Å². The zero-order chi connectivity index (χ0) is 19.5. The zero-order valence-corrected chi connectivity index (χ0v) is 16.7. The van der Waals surface area contributed by atoms with Gasteiger partial charge in [0.1, 0.15) is 0 Å². The van der Waals surface area contributed by atoms with E-state index in [9.17, 15) is 13.2 Å². The van der Waals surface area contributed by atoms with Crippen LogP contribution in [0.2, 0.25) is 0 Å². The lowest BCUT2D eigenvalue weighted by molar-refractivity contribution is 0.0913. The van der Waals surface area contributed by atoms with Crippen molar-refractivity contribution >= 4 is 15.9 Å². The van der Waals surface area contributed by atoms with E-state index < -0.39 is 15.6 Å². The molecule has 0 aliphatic heterocycles. The van der Waals surface area contributed by atoms with Crippen LogP contribution in [0.5, 0.6) is 0 Å². The monoisotopic (exact) mass is 374 g/mol. The van der Waals surface area contributed by atoms with Crippen molar-refractivity contribution in [1.29, 1.82) is 0 Å². The molecule has 0 unspecified atom stereocenters. The molecule has 0 radical (unpaired) electrons. The van der Waals surface area contributed by atoms with Crippen LogP contribution in [0.3, 0.4) is 0 Å². The van der Waals surface area contributed by atoms with Crippen LogP contribution in [-0.2, 0) is 16.4 Å². The Bertz CT molecular complexity index is 868. The number of nitrogens with zero attached hydrogens (tertiary/aromatic N) is 1. The average Bonchev–Trinajstić information content (AvgIpc) is 2.56. The summed E-state index contributed by atoms with van der Waals surface area (Å²) < 4.78 is 25.3. The molecule has 0 aliphatic carbocycles. The summed E-state index contributed by atoms with van der Waals surface area (Å²) in [6.45, 7) is 5.97. The van der Waals surface area contributed by atoms with Crippen LogP contribution in [0.25, 0.3) is 0 Å². The van der Waals surface area contributed by atoms with Crippen molar-refractivity contribution in [3.05, 3.63) is 65.2 Å². The molecule has 2 rings (SSSR count). The van der Waals surface area contributed by atoms with Gasteiger partial charge in [0.2, 0.25) is 10.0 Å². The number of carbonyl (C=O) groups excluding carboxylic acids is 1. The molecule has 2 aromatic rings. The largest absolute Gasteiger partial charge is 0.347 e. The van der Waals surface area contributed by atoms with Crippen molar-refractivity contribution in [3.63, 3.8) is 0 Å². The molecule has 0 aromatic heterocycles. The van der Waals surface area contributed by atoms with Gasteiger partial charge in [0.05, 0.1) is 4.90 Å². The highest BCUT2D eigenvalue weighted by atomic mass is 32.2. The summed E-state index contributed by atoms with van der Waals surface area (Å²) in [5.41, 5.74) is 2.34. The van der Waals surface area contributed by atoms with Gasteiger partial charge in [-0.3, -0.25) is 4.79 Å². The number of amides is 1. The first-order valence-corrected chi connectivity index (χ1v) is 9.86. The molecular weight excluding hydrogens is 348 g/mol. The molecule has 0 heterocycles. The number of nitrogens with one attached hydrogen (secondary N) is 1. The smallest absolute Gasteiger partial charge is 0.251 e. The first-order chi connectivity index (χ1) is 12.0. The second-order valence-corrected chi connectivity index (χ2v) is 9.46. The van der Waals surface area contributed by atoms with Gasteiger partial charge in [0.15, 0.2) is 0 Å². The SMILES string of the molecule is Cc1ccc(CC(C)(C)NC(=O)c2ccc(S(=O)(=O)N(C)C)cc2)cc1. The molecular formula is C20H26N2O3S. The maximum absolute atomic E-state index is 12.5. The Hall–Kier alpha value is -2.18. The van der Waals surface area contributed by atoms with Crippen molar-refractivity contribution in [2.24, 2.45) is 0 Å². The van der Waals surface area contributed by atoms with E-state index in [-0.39, 0.29) is 10.8 Å². The lowest BCUT2D eigenvalue weighted by Crippen LogP contribution is -2.45. The molecule has 0 fully saturated rings. The number of rotatable bonds is 6. The quantitative estimate of drug-likeness (QED) is 0.845. The Morgan fingerprint density at radius 1 is 1.00 bits per heavy atom. The van der Waals surface area contributed by atoms with Gasteiger partial charge in [-0.25, -0.2) is 12.7 Å². The van der Waals surface area contributed by atoms with Crippen LogP contribution in [-0.4, -0.2) is 38.3 Å². The van der Waals surface area contributed by atoms with E-state index >= 15 is 0 Å². The second kappa shape index (κ2) is 7.60. The topological polar surface area (TPSA) is 66.5 Å². The first-order valence-electron chi connectivity index (χ1n) is 8.42. The van der Waals surface area contributed by atoms with Crippen molar-refractivity contribution in [3.8, 4) is 0 Å². The third-order valence-corrected chi connectivity index (χ3v) is 5.94. The minimum Gasteiger partial charge on any atom is -0.347 e. The lowest BCUT2D eigenvalue weighted by atomic mass is 9.94. The summed E-state index contributed by atoms with van der Waals surface area (Å²) in [5, 5.41) is 3.02. The minimum absolute atomic E-state index is 0.165. The standard InChI is InChI=1S/C20H26N2O3S/c1-15-6-8-16(9-7-15)14-20(2,3)21-19(23)17-10-12-18(13-11-17)26(24,25)22(4)5/h6-13H,14H2,1-5H3,(H,21,23). The van der Waals surface area contributed by atoms with Crippen LogP contribution in [0, 0.1) is 6.92 Å². The van der Waals surface area contributed by atoms with Crippen molar-refractivity contribution in [2.75, 3.05) is 14.1 Å². The first kappa shape index (κ1) is 20.1. The fourth-order valence-corrected chi connectivity index (χ4v) is 3.53. The minimum atomic E-state index is -3.50. The summed E-state index contributed by atoms with van der Waals surface area (Å²) in [6, 6.07) is 14.2. The fourth-order valence-electron chi connectivity index (χ4n) is 2.63. The molecule has 1 amide bonds. The fraction of sp³-hybridized carbons (Fsp3) is 0.350. The predicted molar refractivity (Wildman–Crippen MR) is 104 cm³/mol. The van der Waals surface area contributed by atoms with E-state index in [0.29, 0.717) is 12.0 Å².